The van der Waals surface area contributed by atoms with Crippen molar-refractivity contribution in [3.05, 3.63) is 30.1 Å². The second kappa shape index (κ2) is 8.33. The molecule has 22 heavy (non-hydrogen) atoms. The predicted molar refractivity (Wildman–Crippen MR) is 81.1 cm³/mol. The van der Waals surface area contributed by atoms with Gasteiger partial charge in [-0.3, -0.25) is 14.7 Å². The monoisotopic (exact) mass is 306 g/mol. The average molecular weight is 306 g/mol. The van der Waals surface area contributed by atoms with Gasteiger partial charge in [0, 0.05) is 32.4 Å². The lowest BCUT2D eigenvalue weighted by atomic mass is 10.3. The molecule has 7 heteroatoms. The predicted octanol–water partition coefficient (Wildman–Crippen LogP) is 0.472. The normalized spacial score (nSPS) is 15.4. The molecule has 1 aromatic heterocycles. The van der Waals surface area contributed by atoms with Crippen LogP contribution in [0.25, 0.3) is 0 Å². The number of aromatic nitrogens is 1. The highest BCUT2D eigenvalue weighted by Gasteiger charge is 2.22. The third-order valence-corrected chi connectivity index (χ3v) is 3.46. The second-order valence-electron chi connectivity index (χ2n) is 5.06. The van der Waals surface area contributed by atoms with Crippen molar-refractivity contribution in [2.24, 2.45) is 0 Å². The second-order valence-corrected chi connectivity index (χ2v) is 5.06. The number of piperazine rings is 1. The Morgan fingerprint density at radius 2 is 2.05 bits per heavy atom. The zero-order valence-corrected chi connectivity index (χ0v) is 12.8. The third-order valence-electron chi connectivity index (χ3n) is 3.46. The molecule has 1 aliphatic rings. The van der Waals surface area contributed by atoms with Crippen LogP contribution < -0.4 is 5.32 Å². The Labute approximate surface area is 130 Å². The minimum atomic E-state index is -0.276. The van der Waals surface area contributed by atoms with Crippen molar-refractivity contribution < 1.29 is 14.3 Å². The van der Waals surface area contributed by atoms with E-state index >= 15 is 0 Å². The fourth-order valence-corrected chi connectivity index (χ4v) is 2.25. The van der Waals surface area contributed by atoms with Crippen LogP contribution in [0, 0.1) is 0 Å². The number of pyridine rings is 1. The third kappa shape index (κ3) is 5.00. The van der Waals surface area contributed by atoms with Gasteiger partial charge in [-0.1, -0.05) is 6.07 Å². The van der Waals surface area contributed by atoms with Gasteiger partial charge in [-0.05, 0) is 19.1 Å². The Balaban J connectivity index is 1.67. The van der Waals surface area contributed by atoms with Gasteiger partial charge in [-0.15, -0.1) is 0 Å². The van der Waals surface area contributed by atoms with Crippen molar-refractivity contribution in [2.75, 3.05) is 39.3 Å². The van der Waals surface area contributed by atoms with Crippen LogP contribution in [0.5, 0.6) is 0 Å². The van der Waals surface area contributed by atoms with E-state index in [-0.39, 0.29) is 12.0 Å². The number of amides is 2. The molecule has 1 aromatic rings. The molecule has 2 rings (SSSR count). The molecule has 7 nitrogen and oxygen atoms in total. The van der Waals surface area contributed by atoms with Crippen LogP contribution in [0.1, 0.15) is 12.6 Å². The van der Waals surface area contributed by atoms with Crippen molar-refractivity contribution in [2.45, 2.75) is 13.5 Å². The van der Waals surface area contributed by atoms with Gasteiger partial charge in [0.05, 0.1) is 25.4 Å². The van der Waals surface area contributed by atoms with Crippen molar-refractivity contribution in [3.63, 3.8) is 0 Å². The molecule has 0 bridgehead atoms. The highest BCUT2D eigenvalue weighted by atomic mass is 16.6. The van der Waals surface area contributed by atoms with Gasteiger partial charge < -0.3 is 15.0 Å². The van der Waals surface area contributed by atoms with E-state index in [0.29, 0.717) is 45.9 Å². The summed E-state index contributed by atoms with van der Waals surface area (Å²) in [5.41, 5.74) is 0.836. The Morgan fingerprint density at radius 1 is 1.27 bits per heavy atom. The van der Waals surface area contributed by atoms with E-state index in [1.54, 1.807) is 18.0 Å². The largest absolute Gasteiger partial charge is 0.450 e. The fraction of sp³-hybridized carbons (Fsp3) is 0.533. The van der Waals surface area contributed by atoms with Gasteiger partial charge in [-0.25, -0.2) is 4.79 Å². The molecule has 120 valence electrons. The van der Waals surface area contributed by atoms with Gasteiger partial charge in [0.15, 0.2) is 0 Å². The number of carbonyl (C=O) groups excluding carboxylic acids is 2. The minimum Gasteiger partial charge on any atom is -0.450 e. The van der Waals surface area contributed by atoms with Crippen LogP contribution in [-0.4, -0.2) is 66.1 Å². The Kier molecular flexibility index (Phi) is 6.14. The summed E-state index contributed by atoms with van der Waals surface area (Å²) in [6, 6.07) is 5.61. The molecule has 0 saturated carbocycles. The maximum absolute atomic E-state index is 11.9. The van der Waals surface area contributed by atoms with Gasteiger partial charge >= 0.3 is 6.09 Å². The van der Waals surface area contributed by atoms with E-state index in [4.69, 9.17) is 4.74 Å². The number of hydrogen-bond donors (Lipinski definition) is 1. The highest BCUT2D eigenvalue weighted by Crippen LogP contribution is 2.03. The molecule has 1 saturated heterocycles. The SMILES string of the molecule is CCOC(=O)N1CCN(CC(=O)NCc2ccccn2)CC1. The Bertz CT molecular complexity index is 487. The number of rotatable bonds is 5. The Hall–Kier alpha value is -2.15. The van der Waals surface area contributed by atoms with E-state index < -0.39 is 0 Å². The molecular weight excluding hydrogens is 284 g/mol. The van der Waals surface area contributed by atoms with E-state index in [2.05, 4.69) is 10.3 Å². The van der Waals surface area contributed by atoms with Crippen molar-refractivity contribution in [1.82, 2.24) is 20.1 Å². The number of nitrogens with one attached hydrogen (secondary N) is 1. The lowest BCUT2D eigenvalue weighted by Crippen LogP contribution is -2.51. The summed E-state index contributed by atoms with van der Waals surface area (Å²) in [5.74, 6) is -0.0322. The van der Waals surface area contributed by atoms with Crippen molar-refractivity contribution in [1.29, 1.82) is 0 Å². The van der Waals surface area contributed by atoms with Crippen LogP contribution in [0.3, 0.4) is 0 Å². The molecule has 0 aromatic carbocycles. The summed E-state index contributed by atoms with van der Waals surface area (Å²) in [5, 5.41) is 2.85. The summed E-state index contributed by atoms with van der Waals surface area (Å²) < 4.78 is 4.97. The van der Waals surface area contributed by atoms with Crippen LogP contribution in [0.15, 0.2) is 24.4 Å². The summed E-state index contributed by atoms with van der Waals surface area (Å²) in [7, 11) is 0. The van der Waals surface area contributed by atoms with Crippen LogP contribution >= 0.6 is 0 Å². The summed E-state index contributed by atoms with van der Waals surface area (Å²) in [6.07, 6.45) is 1.43. The maximum atomic E-state index is 11.9. The topological polar surface area (TPSA) is 74.8 Å². The molecule has 1 N–H and O–H groups in total. The molecule has 2 amide bonds. The number of hydrogen-bond acceptors (Lipinski definition) is 5. The molecule has 2 heterocycles. The fourth-order valence-electron chi connectivity index (χ4n) is 2.25. The molecule has 1 fully saturated rings. The minimum absolute atomic E-state index is 0.0322. The number of ether oxygens (including phenoxy) is 1. The van der Waals surface area contributed by atoms with Gasteiger partial charge in [-0.2, -0.15) is 0 Å². The summed E-state index contributed by atoms with van der Waals surface area (Å²) >= 11 is 0. The first-order valence-corrected chi connectivity index (χ1v) is 7.49. The summed E-state index contributed by atoms with van der Waals surface area (Å²) in [4.78, 5) is 31.4. The lowest BCUT2D eigenvalue weighted by Gasteiger charge is -2.33. The molecule has 0 spiro atoms. The first-order valence-electron chi connectivity index (χ1n) is 7.49. The van der Waals surface area contributed by atoms with E-state index in [1.165, 1.54) is 0 Å². The molecule has 0 aliphatic carbocycles. The van der Waals surface area contributed by atoms with E-state index in [1.807, 2.05) is 23.1 Å². The van der Waals surface area contributed by atoms with Crippen molar-refractivity contribution in [3.8, 4) is 0 Å². The van der Waals surface area contributed by atoms with E-state index in [0.717, 1.165) is 5.69 Å². The van der Waals surface area contributed by atoms with Gasteiger partial charge in [0.25, 0.3) is 0 Å². The molecule has 0 unspecified atom stereocenters. The first-order chi connectivity index (χ1) is 10.7. The standard InChI is InChI=1S/C15H22N4O3/c1-2-22-15(21)19-9-7-18(8-10-19)12-14(20)17-11-13-5-3-4-6-16-13/h3-6H,2,7-12H2,1H3,(H,17,20). The molecule has 0 atom stereocenters. The first kappa shape index (κ1) is 16.2. The quantitative estimate of drug-likeness (QED) is 0.856. The average Bonchev–Trinajstić information content (AvgIpc) is 2.55. The van der Waals surface area contributed by atoms with Crippen LogP contribution in [0.2, 0.25) is 0 Å². The highest BCUT2D eigenvalue weighted by molar-refractivity contribution is 5.78. The summed E-state index contributed by atoms with van der Waals surface area (Å²) in [6.45, 7) is 5.48. The zero-order valence-electron chi connectivity index (χ0n) is 12.8. The van der Waals surface area contributed by atoms with Crippen LogP contribution in [-0.2, 0) is 16.1 Å². The number of carbonyl (C=O) groups is 2. The molecule has 1 aliphatic heterocycles. The van der Waals surface area contributed by atoms with Gasteiger partial charge in [0.1, 0.15) is 0 Å². The van der Waals surface area contributed by atoms with Gasteiger partial charge in [0.2, 0.25) is 5.91 Å². The van der Waals surface area contributed by atoms with E-state index in [9.17, 15) is 9.59 Å². The number of nitrogens with zero attached hydrogens (tertiary/aromatic N) is 3. The lowest BCUT2D eigenvalue weighted by molar-refractivity contribution is -0.122. The Morgan fingerprint density at radius 3 is 2.68 bits per heavy atom. The molecule has 0 radical (unpaired) electrons. The maximum Gasteiger partial charge on any atom is 0.409 e. The molecular formula is C15H22N4O3. The van der Waals surface area contributed by atoms with Crippen molar-refractivity contribution >= 4 is 12.0 Å². The zero-order chi connectivity index (χ0) is 15.8. The smallest absolute Gasteiger partial charge is 0.409 e. The van der Waals surface area contributed by atoms with Crippen LogP contribution in [0.4, 0.5) is 4.79 Å².